The third kappa shape index (κ3) is 4.60. The van der Waals surface area contributed by atoms with Crippen molar-refractivity contribution >= 4 is 43.7 Å². The molecule has 50 heavy (non-hydrogen) atoms. The van der Waals surface area contributed by atoms with E-state index in [0.29, 0.717) is 45.3 Å². The van der Waals surface area contributed by atoms with E-state index in [-0.39, 0.29) is 29.7 Å². The number of furan rings is 1. The van der Waals surface area contributed by atoms with Crippen LogP contribution >= 0.6 is 0 Å². The highest BCUT2D eigenvalue weighted by molar-refractivity contribution is 6.13. The van der Waals surface area contributed by atoms with E-state index in [2.05, 4.69) is 47.0 Å². The Balaban J connectivity index is 1.20. The van der Waals surface area contributed by atoms with Crippen LogP contribution in [0.25, 0.3) is 94.7 Å². The predicted octanol–water partition coefficient (Wildman–Crippen LogP) is 11.5. The second kappa shape index (κ2) is 11.4. The number of aromatic nitrogens is 4. The molecule has 0 aliphatic rings. The van der Waals surface area contributed by atoms with Gasteiger partial charge >= 0.3 is 0 Å². The summed E-state index contributed by atoms with van der Waals surface area (Å²) in [5.41, 5.74) is 7.34. The molecule has 234 valence electrons. The van der Waals surface area contributed by atoms with Gasteiger partial charge in [0, 0.05) is 32.7 Å². The van der Waals surface area contributed by atoms with E-state index < -0.39 is 6.04 Å². The lowest BCUT2D eigenvalue weighted by Gasteiger charge is -2.11. The van der Waals surface area contributed by atoms with Crippen LogP contribution in [0.15, 0.2) is 174 Å². The molecule has 10 rings (SSSR count). The molecule has 5 nitrogen and oxygen atoms in total. The average molecular weight is 646 g/mol. The van der Waals surface area contributed by atoms with Gasteiger partial charge in [-0.05, 0) is 52.6 Å². The maximum Gasteiger partial charge on any atom is 0.238 e. The van der Waals surface area contributed by atoms with Gasteiger partial charge in [-0.3, -0.25) is 4.57 Å². The fourth-order valence-electron chi connectivity index (χ4n) is 6.86. The molecule has 3 aromatic heterocycles. The summed E-state index contributed by atoms with van der Waals surface area (Å²) in [6, 6.07) is 44.2. The fourth-order valence-corrected chi connectivity index (χ4v) is 6.86. The third-order valence-electron chi connectivity index (χ3n) is 9.16. The molecule has 5 heteroatoms. The lowest BCUT2D eigenvalue weighted by molar-refractivity contribution is 0.669. The van der Waals surface area contributed by atoms with E-state index in [1.54, 1.807) is 12.1 Å². The van der Waals surface area contributed by atoms with Crippen LogP contribution in [0.4, 0.5) is 0 Å². The monoisotopic (exact) mass is 645 g/mol. The maximum atomic E-state index is 8.65. The van der Waals surface area contributed by atoms with Gasteiger partial charge in [0.05, 0.1) is 17.9 Å². The lowest BCUT2D eigenvalue weighted by atomic mass is 9.99. The lowest BCUT2D eigenvalue weighted by Crippen LogP contribution is -2.06. The van der Waals surface area contributed by atoms with Crippen molar-refractivity contribution in [3.63, 3.8) is 0 Å². The Kier molecular flexibility index (Phi) is 5.35. The molecule has 0 aliphatic heterocycles. The number of fused-ring (bicyclic) bond motifs is 6. The summed E-state index contributed by atoms with van der Waals surface area (Å²) in [5, 5.41) is 3.55. The van der Waals surface area contributed by atoms with E-state index in [0.717, 1.165) is 43.9 Å². The summed E-state index contributed by atoms with van der Waals surface area (Å²) < 4.78 is 50.5. The molecule has 0 radical (unpaired) electrons. The summed E-state index contributed by atoms with van der Waals surface area (Å²) in [6.45, 7) is 0. The first kappa shape index (κ1) is 23.5. The first-order chi connectivity index (χ1) is 26.9. The number of hydrogen-bond donors (Lipinski definition) is 0. The summed E-state index contributed by atoms with van der Waals surface area (Å²) in [7, 11) is 0. The van der Waals surface area contributed by atoms with Crippen molar-refractivity contribution < 1.29 is 11.3 Å². The zero-order valence-corrected chi connectivity index (χ0v) is 26.5. The van der Waals surface area contributed by atoms with Crippen molar-refractivity contribution in [1.29, 1.82) is 0 Å². The molecule has 0 N–H and O–H groups in total. The van der Waals surface area contributed by atoms with Crippen LogP contribution in [0.3, 0.4) is 0 Å². The maximum absolute atomic E-state index is 8.65. The van der Waals surface area contributed by atoms with Gasteiger partial charge in [0.15, 0.2) is 11.6 Å². The molecule has 0 fully saturated rings. The Morgan fingerprint density at radius 2 is 1.14 bits per heavy atom. The fraction of sp³-hybridized carbons (Fsp3) is 0. The summed E-state index contributed by atoms with van der Waals surface area (Å²) in [5.74, 6) is 1.43. The first-order valence-corrected chi connectivity index (χ1v) is 16.3. The van der Waals surface area contributed by atoms with Gasteiger partial charge < -0.3 is 4.42 Å². The van der Waals surface area contributed by atoms with Crippen LogP contribution in [-0.4, -0.2) is 19.5 Å². The highest BCUT2D eigenvalue weighted by atomic mass is 16.3. The van der Waals surface area contributed by atoms with Crippen LogP contribution < -0.4 is 0 Å². The van der Waals surface area contributed by atoms with E-state index in [1.807, 2.05) is 84.9 Å². The van der Waals surface area contributed by atoms with Crippen LogP contribution in [0.1, 0.15) is 6.85 Å². The molecular weight excluding hydrogens is 613 g/mol. The number of hydrogen-bond acceptors (Lipinski definition) is 4. The van der Waals surface area contributed by atoms with Crippen molar-refractivity contribution in [1.82, 2.24) is 19.5 Å². The molecule has 0 saturated carbocycles. The minimum absolute atomic E-state index is 0.125. The van der Waals surface area contributed by atoms with Crippen molar-refractivity contribution in [3.05, 3.63) is 170 Å². The second-order valence-corrected chi connectivity index (χ2v) is 12.1. The second-order valence-electron chi connectivity index (χ2n) is 12.1. The normalized spacial score (nSPS) is 13.0. The standard InChI is InChI=1S/C45H28N4O/c1-4-13-29(14-5-1)32-23-25-36-35-19-10-11-21-38(35)49(39(36)27-32)45-47-43(31-17-8-3-9-18-31)46-44(48-45)33-24-26-37-41(28-33)50-40-22-12-20-34(42(37)40)30-15-6-2-7-16-30/h1-28H/i2D,6D,7D,15D,16D. The Morgan fingerprint density at radius 3 is 1.96 bits per heavy atom. The molecule has 7 aromatic carbocycles. The van der Waals surface area contributed by atoms with Gasteiger partial charge in [-0.15, -0.1) is 0 Å². The van der Waals surface area contributed by atoms with Gasteiger partial charge in [-0.25, -0.2) is 4.98 Å². The quantitative estimate of drug-likeness (QED) is 0.187. The van der Waals surface area contributed by atoms with E-state index in [4.69, 9.17) is 26.2 Å². The Morgan fingerprint density at radius 1 is 0.460 bits per heavy atom. The highest BCUT2D eigenvalue weighted by Crippen LogP contribution is 2.39. The molecule has 0 saturated heterocycles. The van der Waals surface area contributed by atoms with E-state index >= 15 is 0 Å². The third-order valence-corrected chi connectivity index (χ3v) is 9.16. The number of rotatable bonds is 5. The summed E-state index contributed by atoms with van der Waals surface area (Å²) in [6.07, 6.45) is 0. The molecule has 10 aromatic rings. The zero-order chi connectivity index (χ0) is 37.4. The van der Waals surface area contributed by atoms with Crippen LogP contribution in [-0.2, 0) is 0 Å². The van der Waals surface area contributed by atoms with Crippen LogP contribution in [0.5, 0.6) is 0 Å². The highest BCUT2D eigenvalue weighted by Gasteiger charge is 2.20. The Hall–Kier alpha value is -6.85. The van der Waals surface area contributed by atoms with Gasteiger partial charge in [0.2, 0.25) is 5.95 Å². The number of nitrogens with zero attached hydrogens (tertiary/aromatic N) is 4. The summed E-state index contributed by atoms with van der Waals surface area (Å²) >= 11 is 0. The van der Waals surface area contributed by atoms with Gasteiger partial charge in [0.1, 0.15) is 11.2 Å². The summed E-state index contributed by atoms with van der Waals surface area (Å²) in [4.78, 5) is 15.2. The van der Waals surface area contributed by atoms with Crippen molar-refractivity contribution in [2.75, 3.05) is 0 Å². The first-order valence-electron chi connectivity index (χ1n) is 18.8. The molecule has 0 unspecified atom stereocenters. The Bertz CT molecular complexity index is 3130. The largest absolute Gasteiger partial charge is 0.456 e. The van der Waals surface area contributed by atoms with Crippen LogP contribution in [0, 0.1) is 0 Å². The Labute approximate surface area is 294 Å². The molecule has 0 bridgehead atoms. The van der Waals surface area contributed by atoms with Crippen molar-refractivity contribution in [2.24, 2.45) is 0 Å². The number of benzene rings is 7. The zero-order valence-electron chi connectivity index (χ0n) is 31.5. The van der Waals surface area contributed by atoms with Crippen molar-refractivity contribution in [3.8, 4) is 51.0 Å². The number of para-hydroxylation sites is 1. The molecule has 0 amide bonds. The molecule has 3 heterocycles. The minimum Gasteiger partial charge on any atom is -0.456 e. The minimum atomic E-state index is -0.434. The SMILES string of the molecule is [2H]c1c([2H])c([2H])c(-c2cccc3oc4cc(-c5nc(-c6ccccc6)nc(-n6c7ccccc7c7ccc(-c8ccccc8)cc76)n5)ccc4c23)c([2H])c1[2H]. The average Bonchev–Trinajstić information content (AvgIpc) is 3.78. The topological polar surface area (TPSA) is 56.7 Å². The molecular formula is C45H28N4O. The predicted molar refractivity (Wildman–Crippen MR) is 203 cm³/mol. The van der Waals surface area contributed by atoms with Gasteiger partial charge in [-0.2, -0.15) is 9.97 Å². The molecule has 0 atom stereocenters. The van der Waals surface area contributed by atoms with E-state index in [9.17, 15) is 0 Å². The molecule has 0 spiro atoms. The van der Waals surface area contributed by atoms with E-state index in [1.165, 1.54) is 0 Å². The van der Waals surface area contributed by atoms with Gasteiger partial charge in [-0.1, -0.05) is 139 Å². The smallest absolute Gasteiger partial charge is 0.238 e. The van der Waals surface area contributed by atoms with Crippen LogP contribution in [0.2, 0.25) is 0 Å². The van der Waals surface area contributed by atoms with Crippen molar-refractivity contribution in [2.45, 2.75) is 0 Å². The van der Waals surface area contributed by atoms with Gasteiger partial charge in [0.25, 0.3) is 0 Å². The molecule has 0 aliphatic carbocycles.